The monoisotopic (exact) mass is 760 g/mol. The Bertz CT molecular complexity index is 2130. The molecule has 7 aliphatic heterocycles. The third kappa shape index (κ3) is 4.74. The van der Waals surface area contributed by atoms with Gasteiger partial charge in [0, 0.05) is 54.1 Å². The fraction of sp³-hybridized carbons (Fsp3) is 0.487. The topological polar surface area (TPSA) is 172 Å². The number of nitrogens with one attached hydrogen (secondary N) is 2. The molecule has 286 valence electrons. The first-order chi connectivity index (χ1) is 25.9. The average molecular weight is 761 g/mol. The van der Waals surface area contributed by atoms with Gasteiger partial charge in [-0.2, -0.15) is 0 Å². The number of aliphatic hydroxyl groups excluding tert-OH is 1. The van der Waals surface area contributed by atoms with Crippen LogP contribution in [0.5, 0.6) is 40.2 Å². The van der Waals surface area contributed by atoms with E-state index in [1.54, 1.807) is 19.2 Å². The van der Waals surface area contributed by atoms with Crippen molar-refractivity contribution in [3.05, 3.63) is 62.7 Å². The second-order valence-electron chi connectivity index (χ2n) is 15.0. The number of aliphatic hydroxyl groups is 1. The number of phenols is 2. The van der Waals surface area contributed by atoms with Gasteiger partial charge in [0.2, 0.25) is 12.7 Å². The number of fused-ring (bicyclic) bond motifs is 9. The van der Waals surface area contributed by atoms with Gasteiger partial charge in [0.05, 0.1) is 37.6 Å². The van der Waals surface area contributed by atoms with E-state index in [0.29, 0.717) is 59.1 Å². The average Bonchev–Trinajstić information content (AvgIpc) is 3.63. The number of carbonyl (C=O) groups is 2. The molecule has 15 heteroatoms. The number of aryl methyl sites for hydroxylation is 1. The van der Waals surface area contributed by atoms with E-state index in [-0.39, 0.29) is 48.3 Å². The summed E-state index contributed by atoms with van der Waals surface area (Å²) in [6.45, 7) is 5.60. The van der Waals surface area contributed by atoms with Crippen molar-refractivity contribution in [1.29, 1.82) is 0 Å². The fourth-order valence-corrected chi connectivity index (χ4v) is 11.8. The maximum Gasteiger partial charge on any atom is 0.308 e. The highest BCUT2D eigenvalue weighted by Crippen LogP contribution is 2.64. The number of methoxy groups -OCH3 is 2. The summed E-state index contributed by atoms with van der Waals surface area (Å²) >= 11 is 1.51. The number of likely N-dealkylation sites (N-methyl/N-ethyl adjacent to an activating group) is 1. The Labute approximate surface area is 316 Å². The zero-order valence-corrected chi connectivity index (χ0v) is 31.8. The lowest BCUT2D eigenvalue weighted by molar-refractivity contribution is -0.173. The predicted octanol–water partition coefficient (Wildman–Crippen LogP) is 2.99. The lowest BCUT2D eigenvalue weighted by Crippen LogP contribution is -2.70. The Hall–Kier alpha value is -4.41. The van der Waals surface area contributed by atoms with Crippen LogP contribution in [0.4, 0.5) is 0 Å². The van der Waals surface area contributed by atoms with Crippen molar-refractivity contribution in [3.8, 4) is 40.2 Å². The van der Waals surface area contributed by atoms with Crippen LogP contribution >= 0.6 is 11.8 Å². The molecule has 2 unspecified atom stereocenters. The molecule has 4 bridgehead atoms. The summed E-state index contributed by atoms with van der Waals surface area (Å²) in [5, 5.41) is 41.6. The number of esters is 1. The number of phenolic OH excluding ortho intramolecular Hbond substituents is 2. The molecule has 0 aliphatic carbocycles. The van der Waals surface area contributed by atoms with Gasteiger partial charge in [0.1, 0.15) is 17.5 Å². The highest BCUT2D eigenvalue weighted by Gasteiger charge is 2.61. The van der Waals surface area contributed by atoms with E-state index in [4.69, 9.17) is 23.7 Å². The van der Waals surface area contributed by atoms with Crippen LogP contribution in [-0.4, -0.2) is 102 Å². The summed E-state index contributed by atoms with van der Waals surface area (Å²) in [4.78, 5) is 31.9. The molecule has 1 spiro atoms. The zero-order valence-electron chi connectivity index (χ0n) is 30.9. The summed E-state index contributed by atoms with van der Waals surface area (Å²) in [7, 11) is 4.99. The molecule has 3 aromatic rings. The Morgan fingerprint density at radius 1 is 1.04 bits per heavy atom. The quantitative estimate of drug-likeness (QED) is 0.195. The van der Waals surface area contributed by atoms with E-state index in [9.17, 15) is 24.9 Å². The summed E-state index contributed by atoms with van der Waals surface area (Å²) in [5.74, 6) is 1.45. The van der Waals surface area contributed by atoms with Crippen LogP contribution in [0, 0.1) is 13.8 Å². The predicted molar refractivity (Wildman–Crippen MR) is 197 cm³/mol. The van der Waals surface area contributed by atoms with Crippen molar-refractivity contribution < 1.29 is 48.6 Å². The number of ether oxygens (including phenoxy) is 5. The van der Waals surface area contributed by atoms with Crippen molar-refractivity contribution in [2.24, 2.45) is 0 Å². The molecule has 7 heterocycles. The standard InChI is InChI=1S/C39H44N4O10S/c1-16-9-20-10-22-37(47)43-23-13-40-38(48)39(21-12-25(49-5)24(45)11-19(21)7-8-41-39)14-54-36(30(43)29(42(22)4)26(20)31(46)32(16)50-6)28-27(23)35-34(51-15-52-35)17(2)33(28)53-18(3)44/h9,11-12,22-23,29-30,36-37,41,45-47H,7-8,10,13-15H2,1-6H3,(H,40,48)/t22-,23+,29?,30?,36+,37-,39+/m0/s1. The molecule has 14 nitrogen and oxygen atoms in total. The van der Waals surface area contributed by atoms with E-state index >= 15 is 0 Å². The Morgan fingerprint density at radius 3 is 2.56 bits per heavy atom. The van der Waals surface area contributed by atoms with Crippen LogP contribution < -0.4 is 34.3 Å². The van der Waals surface area contributed by atoms with Crippen molar-refractivity contribution in [1.82, 2.24) is 20.4 Å². The van der Waals surface area contributed by atoms with E-state index in [1.807, 2.05) is 27.0 Å². The zero-order chi connectivity index (χ0) is 38.0. The largest absolute Gasteiger partial charge is 0.504 e. The van der Waals surface area contributed by atoms with Crippen molar-refractivity contribution in [2.45, 2.75) is 74.8 Å². The Kier molecular flexibility index (Phi) is 8.21. The minimum Gasteiger partial charge on any atom is -0.504 e. The lowest BCUT2D eigenvalue weighted by Gasteiger charge is -2.62. The minimum atomic E-state index is -1.25. The van der Waals surface area contributed by atoms with E-state index in [0.717, 1.165) is 27.8 Å². The van der Waals surface area contributed by atoms with Crippen LogP contribution in [0.2, 0.25) is 0 Å². The molecule has 1 amide bonds. The molecular formula is C39H44N4O10S. The first-order valence-electron chi connectivity index (χ1n) is 18.2. The van der Waals surface area contributed by atoms with Crippen molar-refractivity contribution in [2.75, 3.05) is 46.9 Å². The molecule has 3 aromatic carbocycles. The molecular weight excluding hydrogens is 717 g/mol. The van der Waals surface area contributed by atoms with Crippen LogP contribution in [-0.2, 0) is 28.0 Å². The van der Waals surface area contributed by atoms with Gasteiger partial charge in [-0.15, -0.1) is 11.8 Å². The minimum absolute atomic E-state index is 0.00218. The number of amides is 1. The maximum atomic E-state index is 14.8. The number of aromatic hydroxyl groups is 2. The molecule has 54 heavy (non-hydrogen) atoms. The molecule has 0 aromatic heterocycles. The number of hydrogen-bond acceptors (Lipinski definition) is 14. The van der Waals surface area contributed by atoms with Crippen molar-refractivity contribution in [3.63, 3.8) is 0 Å². The number of benzene rings is 3. The van der Waals surface area contributed by atoms with Gasteiger partial charge in [0.25, 0.3) is 0 Å². The summed E-state index contributed by atoms with van der Waals surface area (Å²) < 4.78 is 29.6. The number of carbonyl (C=O) groups excluding carboxylic acids is 2. The van der Waals surface area contributed by atoms with Gasteiger partial charge in [-0.1, -0.05) is 6.07 Å². The second kappa shape index (κ2) is 12.6. The highest BCUT2D eigenvalue weighted by atomic mass is 32.2. The summed E-state index contributed by atoms with van der Waals surface area (Å²) in [6.07, 6.45) is 0.0600. The molecule has 0 saturated carbocycles. The van der Waals surface area contributed by atoms with Gasteiger partial charge < -0.3 is 44.3 Å². The third-order valence-corrected chi connectivity index (χ3v) is 13.9. The van der Waals surface area contributed by atoms with Crippen molar-refractivity contribution >= 4 is 23.6 Å². The summed E-state index contributed by atoms with van der Waals surface area (Å²) in [6, 6.07) is 3.42. The van der Waals surface area contributed by atoms with Gasteiger partial charge in [-0.3, -0.25) is 24.7 Å². The van der Waals surface area contributed by atoms with Crippen LogP contribution in [0.1, 0.15) is 68.8 Å². The first kappa shape index (κ1) is 35.3. The number of hydrogen-bond donors (Lipinski definition) is 5. The molecule has 0 radical (unpaired) electrons. The highest BCUT2D eigenvalue weighted by molar-refractivity contribution is 7.99. The lowest BCUT2D eigenvalue weighted by atomic mass is 9.72. The molecule has 2 fully saturated rings. The molecule has 10 rings (SSSR count). The molecule has 7 aliphatic rings. The molecule has 7 atom stereocenters. The van der Waals surface area contributed by atoms with Gasteiger partial charge in [-0.25, -0.2) is 0 Å². The number of thioether (sulfide) groups is 1. The van der Waals surface area contributed by atoms with E-state index in [2.05, 4.69) is 20.4 Å². The number of piperazine rings is 1. The normalized spacial score (nSPS) is 29.4. The smallest absolute Gasteiger partial charge is 0.308 e. The van der Waals surface area contributed by atoms with Gasteiger partial charge in [-0.05, 0) is 68.1 Å². The summed E-state index contributed by atoms with van der Waals surface area (Å²) in [5.41, 5.74) is 4.74. The maximum absolute atomic E-state index is 14.8. The number of nitrogens with zero attached hydrogens (tertiary/aromatic N) is 2. The number of rotatable bonds is 3. The second-order valence-corrected chi connectivity index (χ2v) is 16.2. The Balaban J connectivity index is 1.32. The third-order valence-electron chi connectivity index (χ3n) is 12.4. The van der Waals surface area contributed by atoms with Crippen LogP contribution in [0.25, 0.3) is 0 Å². The fourth-order valence-electron chi connectivity index (χ4n) is 10.1. The van der Waals surface area contributed by atoms with E-state index < -0.39 is 41.1 Å². The first-order valence-corrected chi connectivity index (χ1v) is 19.2. The molecule has 5 N–H and O–H groups in total. The van der Waals surface area contributed by atoms with Gasteiger partial charge in [0.15, 0.2) is 34.5 Å². The van der Waals surface area contributed by atoms with Gasteiger partial charge >= 0.3 is 5.97 Å². The van der Waals surface area contributed by atoms with E-state index in [1.165, 1.54) is 25.8 Å². The molecule has 2 saturated heterocycles. The van der Waals surface area contributed by atoms with Crippen LogP contribution in [0.3, 0.4) is 0 Å². The SMILES string of the molecule is COc1cc2c(cc1O)CCN[C@]21CS[C@@H]2c3c(OC(C)=O)c(C)c4c(c3[C@@H](CNC1=O)N1C2C2c3c(cc(C)c(OC)c3O)C[C@@H]([C@@H]1O)N2C)OCO4. The van der Waals surface area contributed by atoms with Crippen LogP contribution in [0.15, 0.2) is 18.2 Å². The Morgan fingerprint density at radius 2 is 1.81 bits per heavy atom.